The molecule has 0 atom stereocenters. The summed E-state index contributed by atoms with van der Waals surface area (Å²) < 4.78 is 2.33. The van der Waals surface area contributed by atoms with Crippen molar-refractivity contribution < 1.29 is 4.79 Å². The first-order chi connectivity index (χ1) is 15.0. The average Bonchev–Trinajstić information content (AvgIpc) is 3.31. The lowest BCUT2D eigenvalue weighted by Gasteiger charge is -2.06. The number of aryl methyl sites for hydroxylation is 1. The minimum Gasteiger partial charge on any atom is -0.324 e. The van der Waals surface area contributed by atoms with Crippen LogP contribution in [0, 0.1) is 11.7 Å². The number of carbonyl (C=O) groups is 1. The number of H-pyrrole nitrogens is 1. The monoisotopic (exact) mass is 450 g/mol. The van der Waals surface area contributed by atoms with Crippen LogP contribution in [0.15, 0.2) is 55.4 Å². The second-order valence-corrected chi connectivity index (χ2v) is 7.80. The van der Waals surface area contributed by atoms with Crippen molar-refractivity contribution in [3.8, 4) is 10.7 Å². The first-order valence-electron chi connectivity index (χ1n) is 9.24. The van der Waals surface area contributed by atoms with Crippen molar-refractivity contribution in [3.05, 3.63) is 71.4 Å². The van der Waals surface area contributed by atoms with E-state index in [1.165, 1.54) is 11.3 Å². The molecule has 3 aromatic heterocycles. The number of benzene rings is 1. The van der Waals surface area contributed by atoms with E-state index < -0.39 is 0 Å². The third kappa shape index (κ3) is 4.57. The number of hydrogen-bond donors (Lipinski definition) is 3. The Labute approximate surface area is 186 Å². The average molecular weight is 451 g/mol. The molecule has 0 bridgehead atoms. The lowest BCUT2D eigenvalue weighted by Crippen LogP contribution is -2.12. The molecule has 0 saturated heterocycles. The summed E-state index contributed by atoms with van der Waals surface area (Å²) >= 11 is 6.61. The van der Waals surface area contributed by atoms with Crippen LogP contribution in [0.5, 0.6) is 0 Å². The van der Waals surface area contributed by atoms with Crippen LogP contribution in [0.3, 0.4) is 0 Å². The van der Waals surface area contributed by atoms with Gasteiger partial charge in [-0.25, -0.2) is 15.0 Å². The van der Waals surface area contributed by atoms with Gasteiger partial charge in [-0.3, -0.25) is 19.8 Å². The summed E-state index contributed by atoms with van der Waals surface area (Å²) in [6.45, 7) is 6.14. The molecule has 0 aliphatic rings. The van der Waals surface area contributed by atoms with Gasteiger partial charge in [0.25, 0.3) is 5.91 Å². The molecular weight excluding hydrogens is 432 g/mol. The Morgan fingerprint density at radius 2 is 2.13 bits per heavy atom. The molecule has 0 spiro atoms. The van der Waals surface area contributed by atoms with E-state index in [1.54, 1.807) is 42.7 Å². The quantitative estimate of drug-likeness (QED) is 0.283. The summed E-state index contributed by atoms with van der Waals surface area (Å²) in [4.78, 5) is 26.3. The molecule has 0 aliphatic carbocycles. The van der Waals surface area contributed by atoms with Crippen molar-refractivity contribution in [2.75, 3.05) is 10.6 Å². The smallest absolute Gasteiger partial charge is 0.257 e. The Balaban J connectivity index is 1.54. The highest BCUT2D eigenvalue weighted by Gasteiger charge is 2.18. The zero-order chi connectivity index (χ0) is 21.8. The Kier molecular flexibility index (Phi) is 5.96. The first kappa shape index (κ1) is 20.6. The Morgan fingerprint density at radius 1 is 1.32 bits per heavy atom. The molecule has 1 aromatic carbocycles. The maximum Gasteiger partial charge on any atom is 0.257 e. The van der Waals surface area contributed by atoms with Gasteiger partial charge in [0.05, 0.1) is 10.6 Å². The van der Waals surface area contributed by atoms with Gasteiger partial charge in [0.15, 0.2) is 15.7 Å². The highest BCUT2D eigenvalue weighted by atomic mass is 32.1. The highest BCUT2D eigenvalue weighted by Crippen LogP contribution is 2.32. The lowest BCUT2D eigenvalue weighted by atomic mass is 10.2. The summed E-state index contributed by atoms with van der Waals surface area (Å²) in [7, 11) is 0. The van der Waals surface area contributed by atoms with Crippen LogP contribution < -0.4 is 10.6 Å². The summed E-state index contributed by atoms with van der Waals surface area (Å²) in [6, 6.07) is 8.80. The van der Waals surface area contributed by atoms with Crippen molar-refractivity contribution in [2.45, 2.75) is 13.5 Å². The molecule has 156 valence electrons. The van der Waals surface area contributed by atoms with Crippen molar-refractivity contribution in [2.24, 2.45) is 0 Å². The third-order valence-electron chi connectivity index (χ3n) is 4.24. The number of hydrogen-bond acceptors (Lipinski definition) is 8. The van der Waals surface area contributed by atoms with E-state index >= 15 is 0 Å². The number of rotatable bonds is 7. The number of allylic oxidation sites excluding steroid dienone is 1. The number of anilines is 3. The lowest BCUT2D eigenvalue weighted by molar-refractivity contribution is 0.102. The zero-order valence-corrected chi connectivity index (χ0v) is 18.1. The molecule has 9 nitrogen and oxygen atoms in total. The number of carbonyl (C=O) groups excluding carboxylic acids is 1. The van der Waals surface area contributed by atoms with Crippen LogP contribution in [0.4, 0.5) is 16.8 Å². The molecule has 4 aromatic rings. The molecule has 11 heteroatoms. The number of nitrogens with one attached hydrogen (secondary N) is 3. The maximum absolute atomic E-state index is 12.8. The Bertz CT molecular complexity index is 1290. The van der Waals surface area contributed by atoms with Crippen molar-refractivity contribution in [1.82, 2.24) is 29.7 Å². The van der Waals surface area contributed by atoms with Gasteiger partial charge in [-0.2, -0.15) is 5.10 Å². The molecular formula is C20H18N8OS2. The fraction of sp³-hybridized carbons (Fsp3) is 0.100. The summed E-state index contributed by atoms with van der Waals surface area (Å²) in [5.74, 6) is 0.838. The second kappa shape index (κ2) is 8.98. The largest absolute Gasteiger partial charge is 0.324 e. The van der Waals surface area contributed by atoms with Gasteiger partial charge >= 0.3 is 0 Å². The molecule has 0 radical (unpaired) electrons. The standard InChI is InChI=1S/C20H18N8OS2/c1-3-10-28-16(26-27-20(28)30)15-12(2)23-19(31-15)25-17(29)13-6-4-7-14(11-13)24-18-21-8-5-9-22-18/h3-9,11H,1,10H2,2H3,(H,27,30)(H,21,22,24)(H,23,25,29). The SMILES string of the molecule is C=CCn1c(-c2sc(NC(=O)c3cccc(Nc4ncccn4)c3)nc2C)n[nH]c1=S. The van der Waals surface area contributed by atoms with E-state index in [1.807, 2.05) is 17.6 Å². The molecule has 0 aliphatic heterocycles. The van der Waals surface area contributed by atoms with Crippen LogP contribution in [0.25, 0.3) is 10.7 Å². The van der Waals surface area contributed by atoms with Crippen molar-refractivity contribution in [3.63, 3.8) is 0 Å². The van der Waals surface area contributed by atoms with Gasteiger partial charge in [-0.05, 0) is 43.4 Å². The maximum atomic E-state index is 12.8. The number of amides is 1. The minimum absolute atomic E-state index is 0.275. The van der Waals surface area contributed by atoms with Gasteiger partial charge in [0, 0.05) is 30.2 Å². The van der Waals surface area contributed by atoms with E-state index in [-0.39, 0.29) is 5.91 Å². The summed E-state index contributed by atoms with van der Waals surface area (Å²) in [5, 5.41) is 13.5. The number of nitrogens with zero attached hydrogens (tertiary/aromatic N) is 5. The first-order valence-corrected chi connectivity index (χ1v) is 10.5. The fourth-order valence-corrected chi connectivity index (χ4v) is 4.01. The molecule has 4 rings (SSSR count). The fourth-order valence-electron chi connectivity index (χ4n) is 2.85. The van der Waals surface area contributed by atoms with E-state index in [2.05, 4.69) is 42.4 Å². The predicted molar refractivity (Wildman–Crippen MR) is 123 cm³/mol. The third-order valence-corrected chi connectivity index (χ3v) is 5.62. The van der Waals surface area contributed by atoms with Crippen LogP contribution in [-0.4, -0.2) is 35.6 Å². The number of aromatic nitrogens is 6. The van der Waals surface area contributed by atoms with Gasteiger partial charge in [-0.15, -0.1) is 6.58 Å². The van der Waals surface area contributed by atoms with Crippen LogP contribution in [0.2, 0.25) is 0 Å². The molecule has 1 amide bonds. The molecule has 0 unspecified atom stereocenters. The van der Waals surface area contributed by atoms with Gasteiger partial charge in [-0.1, -0.05) is 23.5 Å². The summed E-state index contributed by atoms with van der Waals surface area (Å²) in [6.07, 6.45) is 5.03. The number of thiazole rings is 1. The molecule has 3 N–H and O–H groups in total. The van der Waals surface area contributed by atoms with E-state index in [9.17, 15) is 4.79 Å². The van der Waals surface area contributed by atoms with Gasteiger partial charge in [0.2, 0.25) is 5.95 Å². The Hall–Kier alpha value is -3.70. The molecule has 0 saturated carbocycles. The van der Waals surface area contributed by atoms with Crippen molar-refractivity contribution in [1.29, 1.82) is 0 Å². The van der Waals surface area contributed by atoms with Crippen LogP contribution in [-0.2, 0) is 6.54 Å². The van der Waals surface area contributed by atoms with E-state index in [0.29, 0.717) is 39.5 Å². The minimum atomic E-state index is -0.275. The van der Waals surface area contributed by atoms with E-state index in [0.717, 1.165) is 10.6 Å². The second-order valence-electron chi connectivity index (χ2n) is 6.42. The number of aromatic amines is 1. The zero-order valence-electron chi connectivity index (χ0n) is 16.5. The normalized spacial score (nSPS) is 10.6. The molecule has 0 fully saturated rings. The molecule has 3 heterocycles. The topological polar surface area (TPSA) is 113 Å². The highest BCUT2D eigenvalue weighted by molar-refractivity contribution is 7.71. The molecule has 31 heavy (non-hydrogen) atoms. The van der Waals surface area contributed by atoms with Crippen LogP contribution >= 0.6 is 23.6 Å². The predicted octanol–water partition coefficient (Wildman–Crippen LogP) is 4.34. The van der Waals surface area contributed by atoms with Gasteiger partial charge < -0.3 is 5.32 Å². The van der Waals surface area contributed by atoms with Crippen LogP contribution in [0.1, 0.15) is 16.1 Å². The Morgan fingerprint density at radius 3 is 2.90 bits per heavy atom. The van der Waals surface area contributed by atoms with Gasteiger partial charge in [0.1, 0.15) is 0 Å². The summed E-state index contributed by atoms with van der Waals surface area (Å²) in [5.41, 5.74) is 1.93. The van der Waals surface area contributed by atoms with E-state index in [4.69, 9.17) is 12.2 Å². The van der Waals surface area contributed by atoms with Crippen molar-refractivity contribution >= 4 is 46.2 Å².